The summed E-state index contributed by atoms with van der Waals surface area (Å²) < 4.78 is 4.94. The smallest absolute Gasteiger partial charge is 0.328 e. The molecule has 1 aromatic heterocycles. The molecular weight excluding hydrogens is 266 g/mol. The van der Waals surface area contributed by atoms with E-state index in [1.165, 1.54) is 0 Å². The number of halogens is 1. The van der Waals surface area contributed by atoms with E-state index in [0.29, 0.717) is 17.6 Å². The lowest BCUT2D eigenvalue weighted by Gasteiger charge is -2.14. The van der Waals surface area contributed by atoms with Crippen LogP contribution in [0.3, 0.4) is 0 Å². The summed E-state index contributed by atoms with van der Waals surface area (Å²) in [5.41, 5.74) is 0. The number of anilines is 1. The number of esters is 1. The van der Waals surface area contributed by atoms with Crippen molar-refractivity contribution in [1.82, 2.24) is 10.2 Å². The van der Waals surface area contributed by atoms with Gasteiger partial charge in [0.15, 0.2) is 11.0 Å². The zero-order valence-corrected chi connectivity index (χ0v) is 11.4. The highest BCUT2D eigenvalue weighted by atomic mass is 35.5. The van der Waals surface area contributed by atoms with E-state index in [4.69, 9.17) is 16.3 Å². The van der Waals surface area contributed by atoms with Gasteiger partial charge in [0, 0.05) is 10.8 Å². The molecule has 1 unspecified atom stereocenters. The van der Waals surface area contributed by atoms with Crippen molar-refractivity contribution >= 4 is 34.2 Å². The first-order chi connectivity index (χ1) is 9.13. The third kappa shape index (κ3) is 2.93. The van der Waals surface area contributed by atoms with E-state index in [1.807, 2.05) is 24.3 Å². The predicted octanol–water partition coefficient (Wildman–Crippen LogP) is 2.65. The summed E-state index contributed by atoms with van der Waals surface area (Å²) in [5.74, 6) is 0.184. The number of benzene rings is 1. The van der Waals surface area contributed by atoms with Crippen LogP contribution < -0.4 is 5.32 Å². The molecule has 6 heteroatoms. The second-order valence-corrected chi connectivity index (χ2v) is 4.36. The number of nitrogens with one attached hydrogen (secondary N) is 1. The lowest BCUT2D eigenvalue weighted by molar-refractivity contribution is -0.143. The molecule has 1 heterocycles. The molecule has 100 valence electrons. The van der Waals surface area contributed by atoms with E-state index < -0.39 is 6.04 Å². The van der Waals surface area contributed by atoms with Gasteiger partial charge in [-0.3, -0.25) is 0 Å². The highest BCUT2D eigenvalue weighted by molar-refractivity contribution is 6.34. The van der Waals surface area contributed by atoms with Crippen LogP contribution in [0.2, 0.25) is 5.15 Å². The third-order valence-electron chi connectivity index (χ3n) is 2.64. The summed E-state index contributed by atoms with van der Waals surface area (Å²) in [6, 6.07) is 6.97. The molecule has 0 saturated heterocycles. The van der Waals surface area contributed by atoms with Crippen LogP contribution in [-0.4, -0.2) is 28.8 Å². The average molecular weight is 280 g/mol. The summed E-state index contributed by atoms with van der Waals surface area (Å²) in [4.78, 5) is 11.6. The van der Waals surface area contributed by atoms with Crippen LogP contribution in [0.15, 0.2) is 24.3 Å². The number of ether oxygens (including phenoxy) is 1. The van der Waals surface area contributed by atoms with Gasteiger partial charge in [-0.2, -0.15) is 0 Å². The third-order valence-corrected chi connectivity index (χ3v) is 2.91. The number of carbonyl (C=O) groups is 1. The summed E-state index contributed by atoms with van der Waals surface area (Å²) >= 11 is 5.98. The second-order valence-electron chi connectivity index (χ2n) is 4.00. The molecular formula is C13H14ClN3O2. The molecule has 0 aliphatic rings. The first-order valence-electron chi connectivity index (χ1n) is 5.97. The second kappa shape index (κ2) is 5.84. The van der Waals surface area contributed by atoms with Crippen LogP contribution in [0.4, 0.5) is 5.82 Å². The number of fused-ring (bicyclic) bond motifs is 1. The van der Waals surface area contributed by atoms with Crippen LogP contribution in [0.1, 0.15) is 13.8 Å². The van der Waals surface area contributed by atoms with Gasteiger partial charge in [-0.1, -0.05) is 35.9 Å². The van der Waals surface area contributed by atoms with Gasteiger partial charge in [-0.15, -0.1) is 10.2 Å². The minimum atomic E-state index is -0.501. The Morgan fingerprint density at radius 3 is 2.74 bits per heavy atom. The van der Waals surface area contributed by atoms with Crippen molar-refractivity contribution in [3.63, 3.8) is 0 Å². The van der Waals surface area contributed by atoms with Crippen LogP contribution >= 0.6 is 11.6 Å². The molecule has 0 amide bonds. The summed E-state index contributed by atoms with van der Waals surface area (Å²) in [7, 11) is 0. The number of hydrogen-bond donors (Lipinski definition) is 1. The fraction of sp³-hybridized carbons (Fsp3) is 0.308. The molecule has 2 aromatic rings. The Bertz CT molecular complexity index is 603. The Labute approximate surface area is 115 Å². The van der Waals surface area contributed by atoms with E-state index >= 15 is 0 Å². The van der Waals surface area contributed by atoms with Crippen molar-refractivity contribution in [2.75, 3.05) is 11.9 Å². The number of rotatable bonds is 4. The van der Waals surface area contributed by atoms with Crippen molar-refractivity contribution in [3.8, 4) is 0 Å². The molecule has 0 saturated carbocycles. The minimum Gasteiger partial charge on any atom is -0.464 e. The molecule has 1 atom stereocenters. The van der Waals surface area contributed by atoms with Crippen LogP contribution in [0, 0.1) is 0 Å². The van der Waals surface area contributed by atoms with Crippen molar-refractivity contribution < 1.29 is 9.53 Å². The van der Waals surface area contributed by atoms with E-state index in [-0.39, 0.29) is 5.97 Å². The average Bonchev–Trinajstić information content (AvgIpc) is 2.42. The molecule has 0 bridgehead atoms. The van der Waals surface area contributed by atoms with Crippen LogP contribution in [-0.2, 0) is 9.53 Å². The lowest BCUT2D eigenvalue weighted by Crippen LogP contribution is -2.28. The molecule has 0 radical (unpaired) electrons. The first-order valence-corrected chi connectivity index (χ1v) is 6.35. The molecule has 1 aromatic carbocycles. The van der Waals surface area contributed by atoms with E-state index in [0.717, 1.165) is 10.8 Å². The number of aromatic nitrogens is 2. The Hall–Kier alpha value is -1.88. The predicted molar refractivity (Wildman–Crippen MR) is 74.3 cm³/mol. The first kappa shape index (κ1) is 13.5. The SMILES string of the molecule is CCOC(=O)C(C)Nc1nnc(Cl)c2ccccc12. The Balaban J connectivity index is 2.31. The molecule has 0 aliphatic heterocycles. The van der Waals surface area contributed by atoms with Gasteiger partial charge in [-0.05, 0) is 13.8 Å². The molecule has 0 aliphatic carbocycles. The Morgan fingerprint density at radius 1 is 1.37 bits per heavy atom. The monoisotopic (exact) mass is 279 g/mol. The van der Waals surface area contributed by atoms with Gasteiger partial charge in [0.25, 0.3) is 0 Å². The minimum absolute atomic E-state index is 0.330. The van der Waals surface area contributed by atoms with Crippen LogP contribution in [0.25, 0.3) is 10.8 Å². The topological polar surface area (TPSA) is 64.1 Å². The maximum Gasteiger partial charge on any atom is 0.328 e. The lowest BCUT2D eigenvalue weighted by atomic mass is 10.2. The fourth-order valence-electron chi connectivity index (χ4n) is 1.71. The molecule has 2 rings (SSSR count). The van der Waals surface area contributed by atoms with Gasteiger partial charge in [-0.25, -0.2) is 4.79 Å². The Morgan fingerprint density at radius 2 is 2.05 bits per heavy atom. The highest BCUT2D eigenvalue weighted by Crippen LogP contribution is 2.25. The largest absolute Gasteiger partial charge is 0.464 e. The molecule has 0 spiro atoms. The fourth-order valence-corrected chi connectivity index (χ4v) is 1.91. The van der Waals surface area contributed by atoms with Gasteiger partial charge < -0.3 is 10.1 Å². The van der Waals surface area contributed by atoms with Crippen molar-refractivity contribution in [2.24, 2.45) is 0 Å². The van der Waals surface area contributed by atoms with Gasteiger partial charge in [0.1, 0.15) is 6.04 Å². The van der Waals surface area contributed by atoms with Gasteiger partial charge >= 0.3 is 5.97 Å². The zero-order valence-electron chi connectivity index (χ0n) is 10.7. The van der Waals surface area contributed by atoms with E-state index in [9.17, 15) is 4.79 Å². The van der Waals surface area contributed by atoms with E-state index in [2.05, 4.69) is 15.5 Å². The number of hydrogen-bond acceptors (Lipinski definition) is 5. The molecule has 1 N–H and O–H groups in total. The molecule has 19 heavy (non-hydrogen) atoms. The van der Waals surface area contributed by atoms with Gasteiger partial charge in [0.05, 0.1) is 6.61 Å². The van der Waals surface area contributed by atoms with Crippen LogP contribution in [0.5, 0.6) is 0 Å². The maximum atomic E-state index is 11.6. The molecule has 0 fully saturated rings. The Kier molecular flexibility index (Phi) is 4.16. The van der Waals surface area contributed by atoms with Gasteiger partial charge in [0.2, 0.25) is 0 Å². The number of carbonyl (C=O) groups excluding carboxylic acids is 1. The van der Waals surface area contributed by atoms with Crippen molar-refractivity contribution in [3.05, 3.63) is 29.4 Å². The number of nitrogens with zero attached hydrogens (tertiary/aromatic N) is 2. The zero-order chi connectivity index (χ0) is 13.8. The van der Waals surface area contributed by atoms with E-state index in [1.54, 1.807) is 13.8 Å². The maximum absolute atomic E-state index is 11.6. The summed E-state index contributed by atoms with van der Waals surface area (Å²) in [5, 5.41) is 12.8. The molecule has 5 nitrogen and oxygen atoms in total. The summed E-state index contributed by atoms with van der Waals surface area (Å²) in [6.07, 6.45) is 0. The normalized spacial score (nSPS) is 12.2. The summed E-state index contributed by atoms with van der Waals surface area (Å²) in [6.45, 7) is 3.82. The highest BCUT2D eigenvalue weighted by Gasteiger charge is 2.16. The quantitative estimate of drug-likeness (QED) is 0.872. The van der Waals surface area contributed by atoms with Crippen molar-refractivity contribution in [2.45, 2.75) is 19.9 Å². The standard InChI is InChI=1S/C13H14ClN3O2/c1-3-19-13(18)8(2)15-12-10-7-5-4-6-9(10)11(14)16-17-12/h4-8H,3H2,1-2H3,(H,15,17). The van der Waals surface area contributed by atoms with Crippen molar-refractivity contribution in [1.29, 1.82) is 0 Å².